The zero-order valence-corrected chi connectivity index (χ0v) is 16.1. The average molecular weight is 383 g/mol. The Kier molecular flexibility index (Phi) is 5.78. The highest BCUT2D eigenvalue weighted by Crippen LogP contribution is 2.38. The van der Waals surface area contributed by atoms with Crippen LogP contribution >= 0.6 is 0 Å². The van der Waals surface area contributed by atoms with Crippen LogP contribution in [0.25, 0.3) is 11.5 Å². The second-order valence-corrected chi connectivity index (χ2v) is 5.98. The van der Waals surface area contributed by atoms with Crippen molar-refractivity contribution in [3.05, 3.63) is 53.3 Å². The molecule has 28 heavy (non-hydrogen) atoms. The highest BCUT2D eigenvalue weighted by molar-refractivity contribution is 5.95. The summed E-state index contributed by atoms with van der Waals surface area (Å²) in [6, 6.07) is 10.9. The number of hydrogen-bond acceptors (Lipinski definition) is 7. The zero-order valence-electron chi connectivity index (χ0n) is 16.1. The number of benzene rings is 2. The molecule has 1 aromatic heterocycles. The number of amides is 1. The van der Waals surface area contributed by atoms with Crippen LogP contribution in [0, 0.1) is 6.92 Å². The van der Waals surface area contributed by atoms with E-state index >= 15 is 0 Å². The highest BCUT2D eigenvalue weighted by Gasteiger charge is 2.17. The van der Waals surface area contributed by atoms with E-state index in [4.69, 9.17) is 18.7 Å². The largest absolute Gasteiger partial charge is 0.493 e. The van der Waals surface area contributed by atoms with Gasteiger partial charge in [0, 0.05) is 11.1 Å². The van der Waals surface area contributed by atoms with Gasteiger partial charge in [-0.05, 0) is 31.2 Å². The van der Waals surface area contributed by atoms with Crippen molar-refractivity contribution in [2.75, 3.05) is 21.3 Å². The van der Waals surface area contributed by atoms with Gasteiger partial charge in [0.15, 0.2) is 17.3 Å². The van der Waals surface area contributed by atoms with Gasteiger partial charge < -0.3 is 24.1 Å². The molecule has 0 radical (unpaired) electrons. The van der Waals surface area contributed by atoms with Crippen molar-refractivity contribution in [3.8, 4) is 28.7 Å². The second kappa shape index (κ2) is 8.43. The number of nitrogens with zero attached hydrogens (tertiary/aromatic N) is 2. The van der Waals surface area contributed by atoms with Gasteiger partial charge in [-0.1, -0.05) is 22.9 Å². The van der Waals surface area contributed by atoms with E-state index in [2.05, 4.69) is 15.5 Å². The summed E-state index contributed by atoms with van der Waals surface area (Å²) in [6.45, 7) is 2.10. The van der Waals surface area contributed by atoms with Gasteiger partial charge >= 0.3 is 0 Å². The van der Waals surface area contributed by atoms with Gasteiger partial charge in [0.25, 0.3) is 11.8 Å². The van der Waals surface area contributed by atoms with Crippen LogP contribution in [-0.2, 0) is 6.54 Å². The SMILES string of the molecule is COc1cc(C(=O)NCc2noc(-c3cccc(C)c3)n2)cc(OC)c1OC. The van der Waals surface area contributed by atoms with E-state index in [9.17, 15) is 4.79 Å². The van der Waals surface area contributed by atoms with E-state index in [0.29, 0.717) is 34.5 Å². The van der Waals surface area contributed by atoms with E-state index in [1.807, 2.05) is 31.2 Å². The number of methoxy groups -OCH3 is 3. The number of nitrogens with one attached hydrogen (secondary N) is 1. The van der Waals surface area contributed by atoms with Gasteiger partial charge in [0.2, 0.25) is 5.75 Å². The maximum absolute atomic E-state index is 12.5. The molecule has 0 spiro atoms. The Bertz CT molecular complexity index is 958. The van der Waals surface area contributed by atoms with E-state index in [-0.39, 0.29) is 12.5 Å². The lowest BCUT2D eigenvalue weighted by Crippen LogP contribution is -2.23. The quantitative estimate of drug-likeness (QED) is 0.670. The number of aromatic nitrogens is 2. The minimum atomic E-state index is -0.332. The lowest BCUT2D eigenvalue weighted by atomic mass is 10.1. The van der Waals surface area contributed by atoms with Crippen LogP contribution in [0.1, 0.15) is 21.7 Å². The average Bonchev–Trinajstić information content (AvgIpc) is 3.19. The fourth-order valence-electron chi connectivity index (χ4n) is 2.69. The molecule has 0 saturated carbocycles. The molecule has 1 N–H and O–H groups in total. The normalized spacial score (nSPS) is 10.4. The lowest BCUT2D eigenvalue weighted by Gasteiger charge is -2.13. The zero-order chi connectivity index (χ0) is 20.1. The van der Waals surface area contributed by atoms with E-state index < -0.39 is 0 Å². The fraction of sp³-hybridized carbons (Fsp3) is 0.250. The van der Waals surface area contributed by atoms with Crippen molar-refractivity contribution in [3.63, 3.8) is 0 Å². The summed E-state index contributed by atoms with van der Waals surface area (Å²) >= 11 is 0. The van der Waals surface area contributed by atoms with Crippen LogP contribution in [-0.4, -0.2) is 37.4 Å². The highest BCUT2D eigenvalue weighted by atomic mass is 16.5. The fourth-order valence-corrected chi connectivity index (χ4v) is 2.69. The van der Waals surface area contributed by atoms with E-state index in [1.165, 1.54) is 21.3 Å². The molecular weight excluding hydrogens is 362 g/mol. The number of carbonyl (C=O) groups is 1. The van der Waals surface area contributed by atoms with Crippen molar-refractivity contribution >= 4 is 5.91 Å². The summed E-state index contributed by atoms with van der Waals surface area (Å²) in [5, 5.41) is 6.67. The predicted octanol–water partition coefficient (Wildman–Crippen LogP) is 3.00. The number of rotatable bonds is 7. The Morgan fingerprint density at radius 3 is 2.39 bits per heavy atom. The first-order chi connectivity index (χ1) is 13.5. The monoisotopic (exact) mass is 383 g/mol. The van der Waals surface area contributed by atoms with Crippen LogP contribution in [0.15, 0.2) is 40.9 Å². The molecule has 0 fully saturated rings. The molecule has 146 valence electrons. The third kappa shape index (κ3) is 4.06. The summed E-state index contributed by atoms with van der Waals surface area (Å²) in [5.41, 5.74) is 2.28. The second-order valence-electron chi connectivity index (χ2n) is 5.98. The molecule has 0 aliphatic carbocycles. The molecule has 8 heteroatoms. The van der Waals surface area contributed by atoms with E-state index in [1.54, 1.807) is 12.1 Å². The minimum absolute atomic E-state index is 0.116. The van der Waals surface area contributed by atoms with Crippen molar-refractivity contribution in [1.82, 2.24) is 15.5 Å². The Labute approximate surface area is 162 Å². The molecule has 3 aromatic rings. The number of ether oxygens (including phenoxy) is 3. The standard InChI is InChI=1S/C20H21N3O5/c1-12-6-5-7-13(8-12)20-22-17(23-28-20)11-21-19(24)14-9-15(25-2)18(27-4)16(10-14)26-3/h5-10H,11H2,1-4H3,(H,21,24). The molecule has 0 unspecified atom stereocenters. The van der Waals surface area contributed by atoms with Gasteiger partial charge in [-0.15, -0.1) is 0 Å². The van der Waals surface area contributed by atoms with Gasteiger partial charge in [0.05, 0.1) is 27.9 Å². The molecule has 1 heterocycles. The van der Waals surface area contributed by atoms with Crippen LogP contribution in [0.5, 0.6) is 17.2 Å². The summed E-state index contributed by atoms with van der Waals surface area (Å²) in [6.07, 6.45) is 0. The van der Waals surface area contributed by atoms with Crippen LogP contribution in [0.4, 0.5) is 0 Å². The summed E-state index contributed by atoms with van der Waals surface area (Å²) in [4.78, 5) is 16.8. The Hall–Kier alpha value is -3.55. The smallest absolute Gasteiger partial charge is 0.257 e. The molecule has 3 rings (SSSR count). The molecular formula is C20H21N3O5. The van der Waals surface area contributed by atoms with Gasteiger partial charge in [-0.2, -0.15) is 4.98 Å². The van der Waals surface area contributed by atoms with E-state index in [0.717, 1.165) is 11.1 Å². The topological polar surface area (TPSA) is 95.7 Å². The lowest BCUT2D eigenvalue weighted by molar-refractivity contribution is 0.0949. The van der Waals surface area contributed by atoms with Crippen LogP contribution < -0.4 is 19.5 Å². The molecule has 1 amide bonds. The number of carbonyl (C=O) groups excluding carboxylic acids is 1. The molecule has 0 aliphatic rings. The summed E-state index contributed by atoms with van der Waals surface area (Å²) < 4.78 is 21.1. The maximum Gasteiger partial charge on any atom is 0.257 e. The Morgan fingerprint density at radius 2 is 1.79 bits per heavy atom. The molecule has 2 aromatic carbocycles. The van der Waals surface area contributed by atoms with Gasteiger partial charge in [-0.25, -0.2) is 0 Å². The first kappa shape index (κ1) is 19.2. The van der Waals surface area contributed by atoms with Crippen LogP contribution in [0.3, 0.4) is 0 Å². The molecule has 8 nitrogen and oxygen atoms in total. The van der Waals surface area contributed by atoms with Crippen molar-refractivity contribution < 1.29 is 23.5 Å². The molecule has 0 atom stereocenters. The maximum atomic E-state index is 12.5. The van der Waals surface area contributed by atoms with Crippen LogP contribution in [0.2, 0.25) is 0 Å². The Morgan fingerprint density at radius 1 is 1.07 bits per heavy atom. The summed E-state index contributed by atoms with van der Waals surface area (Å²) in [7, 11) is 4.48. The van der Waals surface area contributed by atoms with Crippen molar-refractivity contribution in [2.45, 2.75) is 13.5 Å². The Balaban J connectivity index is 1.72. The summed E-state index contributed by atoms with van der Waals surface area (Å²) in [5.74, 6) is 1.66. The third-order valence-corrected chi connectivity index (χ3v) is 4.07. The number of aryl methyl sites for hydroxylation is 1. The number of hydrogen-bond donors (Lipinski definition) is 1. The van der Waals surface area contributed by atoms with Crippen molar-refractivity contribution in [2.24, 2.45) is 0 Å². The van der Waals surface area contributed by atoms with Gasteiger partial charge in [-0.3, -0.25) is 4.79 Å². The minimum Gasteiger partial charge on any atom is -0.493 e. The van der Waals surface area contributed by atoms with Crippen molar-refractivity contribution in [1.29, 1.82) is 0 Å². The van der Waals surface area contributed by atoms with Gasteiger partial charge in [0.1, 0.15) is 0 Å². The molecule has 0 saturated heterocycles. The first-order valence-corrected chi connectivity index (χ1v) is 8.53. The molecule has 0 bridgehead atoms. The molecule has 0 aliphatic heterocycles. The predicted molar refractivity (Wildman–Crippen MR) is 102 cm³/mol. The first-order valence-electron chi connectivity index (χ1n) is 8.53. The third-order valence-electron chi connectivity index (χ3n) is 4.07.